The van der Waals surface area contributed by atoms with E-state index in [4.69, 9.17) is 4.42 Å². The van der Waals surface area contributed by atoms with Crippen LogP contribution in [0.4, 0.5) is 0 Å². The van der Waals surface area contributed by atoms with E-state index in [2.05, 4.69) is 12.2 Å². The first kappa shape index (κ1) is 16.5. The van der Waals surface area contributed by atoms with Crippen LogP contribution in [-0.4, -0.2) is 37.1 Å². The largest absolute Gasteiger partial charge is 0.465 e. The van der Waals surface area contributed by atoms with Gasteiger partial charge in [-0.25, -0.2) is 12.7 Å². The van der Waals surface area contributed by atoms with E-state index in [9.17, 15) is 8.42 Å². The van der Waals surface area contributed by atoms with Gasteiger partial charge >= 0.3 is 0 Å². The summed E-state index contributed by atoms with van der Waals surface area (Å²) in [6.45, 7) is 9.40. The maximum Gasteiger partial charge on any atom is 0.216 e. The Hall–Kier alpha value is -0.850. The molecule has 0 aromatic carbocycles. The number of sulfonamides is 1. The number of nitrogens with one attached hydrogen (secondary N) is 1. The molecule has 1 aromatic rings. The Morgan fingerprint density at radius 2 is 2.14 bits per heavy atom. The summed E-state index contributed by atoms with van der Waals surface area (Å²) in [7, 11) is -3.13. The lowest BCUT2D eigenvalue weighted by atomic mass is 9.95. The highest BCUT2D eigenvalue weighted by Gasteiger charge is 2.33. The molecule has 2 rings (SSSR count). The smallest absolute Gasteiger partial charge is 0.216 e. The van der Waals surface area contributed by atoms with E-state index in [0.717, 1.165) is 17.9 Å². The fourth-order valence-electron chi connectivity index (χ4n) is 2.75. The van der Waals surface area contributed by atoms with Gasteiger partial charge in [0.1, 0.15) is 11.5 Å². The van der Waals surface area contributed by atoms with Crippen molar-refractivity contribution in [1.82, 2.24) is 9.62 Å². The van der Waals surface area contributed by atoms with Gasteiger partial charge in [-0.3, -0.25) is 0 Å². The second kappa shape index (κ2) is 6.50. The summed E-state index contributed by atoms with van der Waals surface area (Å²) in [5.41, 5.74) is 0. The lowest BCUT2D eigenvalue weighted by Crippen LogP contribution is -2.51. The van der Waals surface area contributed by atoms with Gasteiger partial charge in [0.25, 0.3) is 0 Å². The molecular formula is C15H26N2O3S. The van der Waals surface area contributed by atoms with Crippen molar-refractivity contribution in [3.63, 3.8) is 0 Å². The van der Waals surface area contributed by atoms with Crippen LogP contribution in [0.3, 0.4) is 0 Å². The summed E-state index contributed by atoms with van der Waals surface area (Å²) in [5, 5.41) is 3.14. The molecule has 1 aliphatic heterocycles. The zero-order valence-corrected chi connectivity index (χ0v) is 14.1. The fourth-order valence-corrected chi connectivity index (χ4v) is 4.15. The van der Waals surface area contributed by atoms with Crippen LogP contribution in [0, 0.1) is 12.8 Å². The first-order valence-corrected chi connectivity index (χ1v) is 9.08. The van der Waals surface area contributed by atoms with Crippen LogP contribution in [0.2, 0.25) is 0 Å². The van der Waals surface area contributed by atoms with E-state index in [1.807, 2.05) is 19.1 Å². The number of piperidine rings is 1. The normalized spacial score (nSPS) is 24.6. The van der Waals surface area contributed by atoms with Crippen molar-refractivity contribution < 1.29 is 12.8 Å². The highest BCUT2D eigenvalue weighted by atomic mass is 32.2. The third kappa shape index (κ3) is 3.87. The topological polar surface area (TPSA) is 62.6 Å². The summed E-state index contributed by atoms with van der Waals surface area (Å²) < 4.78 is 31.6. The number of nitrogens with zero attached hydrogens (tertiary/aromatic N) is 1. The summed E-state index contributed by atoms with van der Waals surface area (Å²) >= 11 is 0. The molecule has 5 nitrogen and oxygen atoms in total. The van der Waals surface area contributed by atoms with Crippen molar-refractivity contribution in [2.75, 3.05) is 13.1 Å². The Balaban J connectivity index is 1.89. The van der Waals surface area contributed by atoms with Crippen LogP contribution in [0.15, 0.2) is 16.5 Å². The maximum absolute atomic E-state index is 12.2. The van der Waals surface area contributed by atoms with Crippen molar-refractivity contribution in [3.8, 4) is 0 Å². The predicted molar refractivity (Wildman–Crippen MR) is 83.5 cm³/mol. The molecule has 1 saturated heterocycles. The highest BCUT2D eigenvalue weighted by molar-refractivity contribution is 7.89. The average molecular weight is 314 g/mol. The number of furan rings is 1. The number of hydrogen-bond donors (Lipinski definition) is 1. The number of aryl methyl sites for hydroxylation is 1. The summed E-state index contributed by atoms with van der Waals surface area (Å²) in [6.07, 6.45) is 0.840. The molecule has 0 unspecified atom stereocenters. The first-order valence-electron chi connectivity index (χ1n) is 7.58. The first-order chi connectivity index (χ1) is 9.80. The minimum Gasteiger partial charge on any atom is -0.465 e. The maximum atomic E-state index is 12.2. The number of hydrogen-bond acceptors (Lipinski definition) is 4. The molecule has 1 aromatic heterocycles. The molecule has 0 aliphatic carbocycles. The Morgan fingerprint density at radius 3 is 2.67 bits per heavy atom. The molecule has 0 radical (unpaired) electrons. The second-order valence-electron chi connectivity index (χ2n) is 6.22. The molecular weight excluding hydrogens is 288 g/mol. The Bertz CT molecular complexity index is 565. The van der Waals surface area contributed by atoms with Gasteiger partial charge < -0.3 is 9.73 Å². The van der Waals surface area contributed by atoms with Crippen LogP contribution in [-0.2, 0) is 16.6 Å². The van der Waals surface area contributed by atoms with Gasteiger partial charge in [0.05, 0.1) is 11.8 Å². The molecule has 1 aliphatic rings. The van der Waals surface area contributed by atoms with Gasteiger partial charge in [-0.1, -0.05) is 6.92 Å². The monoisotopic (exact) mass is 314 g/mol. The van der Waals surface area contributed by atoms with Gasteiger partial charge in [-0.2, -0.15) is 0 Å². The highest BCUT2D eigenvalue weighted by Crippen LogP contribution is 2.22. The zero-order valence-electron chi connectivity index (χ0n) is 13.3. The molecule has 120 valence electrons. The van der Waals surface area contributed by atoms with Crippen LogP contribution in [0.5, 0.6) is 0 Å². The van der Waals surface area contributed by atoms with Crippen LogP contribution >= 0.6 is 0 Å². The third-order valence-electron chi connectivity index (χ3n) is 4.16. The Labute approximate surface area is 127 Å². The lowest BCUT2D eigenvalue weighted by Gasteiger charge is -2.37. The molecule has 0 spiro atoms. The summed E-state index contributed by atoms with van der Waals surface area (Å²) in [5.74, 6) is 2.14. The molecule has 0 saturated carbocycles. The van der Waals surface area contributed by atoms with Crippen molar-refractivity contribution in [1.29, 1.82) is 0 Å². The van der Waals surface area contributed by atoms with Gasteiger partial charge in [0.15, 0.2) is 0 Å². The number of rotatable bonds is 5. The molecule has 2 heterocycles. The molecule has 1 N–H and O–H groups in total. The van der Waals surface area contributed by atoms with Gasteiger partial charge in [-0.15, -0.1) is 0 Å². The summed E-state index contributed by atoms with van der Waals surface area (Å²) in [6, 6.07) is 4.26. The van der Waals surface area contributed by atoms with Crippen LogP contribution in [0.25, 0.3) is 0 Å². The van der Waals surface area contributed by atoms with E-state index in [0.29, 0.717) is 31.6 Å². The van der Waals surface area contributed by atoms with E-state index < -0.39 is 10.0 Å². The van der Waals surface area contributed by atoms with Crippen molar-refractivity contribution in [3.05, 3.63) is 23.7 Å². The van der Waals surface area contributed by atoms with Crippen LogP contribution in [0.1, 0.15) is 38.7 Å². The molecule has 21 heavy (non-hydrogen) atoms. The lowest BCUT2D eigenvalue weighted by molar-refractivity contribution is 0.215. The Morgan fingerprint density at radius 1 is 1.43 bits per heavy atom. The van der Waals surface area contributed by atoms with E-state index in [1.165, 1.54) is 0 Å². The van der Waals surface area contributed by atoms with Crippen molar-refractivity contribution in [2.45, 2.75) is 52.0 Å². The Kier molecular flexibility index (Phi) is 5.11. The van der Waals surface area contributed by atoms with Gasteiger partial charge in [0.2, 0.25) is 10.0 Å². The minimum absolute atomic E-state index is 0.295. The quantitative estimate of drug-likeness (QED) is 0.904. The van der Waals surface area contributed by atoms with E-state index >= 15 is 0 Å². The van der Waals surface area contributed by atoms with Crippen molar-refractivity contribution in [2.24, 2.45) is 5.92 Å². The van der Waals surface area contributed by atoms with Crippen LogP contribution < -0.4 is 5.32 Å². The zero-order chi connectivity index (χ0) is 15.6. The predicted octanol–water partition coefficient (Wildman–Crippen LogP) is 2.13. The van der Waals surface area contributed by atoms with E-state index in [1.54, 1.807) is 18.2 Å². The molecule has 2 atom stereocenters. The SMILES string of the molecule is Cc1ccc(CN[C@H]2CCN(S(=O)(=O)C(C)C)C[C@@H]2C)o1. The molecule has 0 amide bonds. The van der Waals surface area contributed by atoms with Gasteiger partial charge in [-0.05, 0) is 45.2 Å². The standard InChI is InChI=1S/C15H26N2O3S/c1-11(2)21(18,19)17-8-7-15(12(3)10-17)16-9-14-6-5-13(4)20-14/h5-6,11-12,15-16H,7-10H2,1-4H3/t12-,15-/m0/s1. The van der Waals surface area contributed by atoms with E-state index in [-0.39, 0.29) is 5.25 Å². The van der Waals surface area contributed by atoms with Crippen molar-refractivity contribution >= 4 is 10.0 Å². The van der Waals surface area contributed by atoms with Gasteiger partial charge in [0, 0.05) is 19.1 Å². The minimum atomic E-state index is -3.13. The molecule has 0 bridgehead atoms. The average Bonchev–Trinajstić information content (AvgIpc) is 2.82. The molecule has 6 heteroatoms. The summed E-state index contributed by atoms with van der Waals surface area (Å²) in [4.78, 5) is 0. The fraction of sp³-hybridized carbons (Fsp3) is 0.733. The third-order valence-corrected chi connectivity index (χ3v) is 6.40. The second-order valence-corrected chi connectivity index (χ2v) is 8.71. The molecule has 1 fully saturated rings.